The van der Waals surface area contributed by atoms with Gasteiger partial charge in [-0.15, -0.1) is 0 Å². The van der Waals surface area contributed by atoms with E-state index in [9.17, 15) is 14.4 Å². The molecule has 2 heterocycles. The molecule has 3 amide bonds. The van der Waals surface area contributed by atoms with E-state index in [0.29, 0.717) is 31.7 Å². The summed E-state index contributed by atoms with van der Waals surface area (Å²) in [5.74, 6) is -0.791. The van der Waals surface area contributed by atoms with Crippen LogP contribution in [0.15, 0.2) is 65.8 Å². The highest BCUT2D eigenvalue weighted by molar-refractivity contribution is 6.14. The lowest BCUT2D eigenvalue weighted by Gasteiger charge is -2.39. The van der Waals surface area contributed by atoms with Gasteiger partial charge in [-0.05, 0) is 37.8 Å². The molecule has 9 nitrogen and oxygen atoms in total. The zero-order valence-electron chi connectivity index (χ0n) is 21.6. The van der Waals surface area contributed by atoms with Gasteiger partial charge < -0.3 is 20.7 Å². The second-order valence-electron chi connectivity index (χ2n) is 10.4. The summed E-state index contributed by atoms with van der Waals surface area (Å²) in [5.41, 5.74) is 6.72. The molecule has 4 rings (SSSR count). The standard InChI is InChI=1S/C28H35N5O4/c1-27(2,29)25(35)30-22(19-37-18-21-12-8-5-9-13-21)24(34)33-15-14-28(16-20-10-6-4-7-11-20)23(17-33)31-32(3)26(28)36/h4-13,22H,14-19,29H2,1-3H3,(H,30,35)/t22-,28?/m1/s1. The largest absolute Gasteiger partial charge is 0.374 e. The highest BCUT2D eigenvalue weighted by atomic mass is 16.5. The monoisotopic (exact) mass is 505 g/mol. The van der Waals surface area contributed by atoms with Crippen LogP contribution in [-0.2, 0) is 32.1 Å². The number of likely N-dealkylation sites (tertiary alicyclic amines) is 1. The Morgan fingerprint density at radius 1 is 1.11 bits per heavy atom. The van der Waals surface area contributed by atoms with Crippen molar-refractivity contribution in [2.24, 2.45) is 16.3 Å². The summed E-state index contributed by atoms with van der Waals surface area (Å²) in [4.78, 5) is 41.2. The van der Waals surface area contributed by atoms with Crippen molar-refractivity contribution in [3.63, 3.8) is 0 Å². The minimum atomic E-state index is -1.16. The van der Waals surface area contributed by atoms with Crippen molar-refractivity contribution in [3.8, 4) is 0 Å². The smallest absolute Gasteiger partial charge is 0.254 e. The summed E-state index contributed by atoms with van der Waals surface area (Å²) < 4.78 is 5.83. The van der Waals surface area contributed by atoms with Gasteiger partial charge in [-0.25, -0.2) is 5.01 Å². The molecule has 1 fully saturated rings. The fourth-order valence-electron chi connectivity index (χ4n) is 4.78. The molecule has 2 aromatic carbocycles. The van der Waals surface area contributed by atoms with Gasteiger partial charge in [0.2, 0.25) is 11.8 Å². The van der Waals surface area contributed by atoms with Gasteiger partial charge >= 0.3 is 0 Å². The van der Waals surface area contributed by atoms with Crippen LogP contribution in [0.5, 0.6) is 0 Å². The Hall–Kier alpha value is -3.56. The summed E-state index contributed by atoms with van der Waals surface area (Å²) in [5, 5.41) is 8.67. The maximum absolute atomic E-state index is 13.7. The van der Waals surface area contributed by atoms with Crippen LogP contribution in [0.2, 0.25) is 0 Å². The molecule has 2 atom stereocenters. The van der Waals surface area contributed by atoms with E-state index in [1.165, 1.54) is 5.01 Å². The van der Waals surface area contributed by atoms with Crippen LogP contribution in [0.3, 0.4) is 0 Å². The van der Waals surface area contributed by atoms with Gasteiger partial charge in [-0.2, -0.15) is 5.10 Å². The van der Waals surface area contributed by atoms with Crippen LogP contribution in [0.4, 0.5) is 0 Å². The quantitative estimate of drug-likeness (QED) is 0.538. The maximum Gasteiger partial charge on any atom is 0.254 e. The third-order valence-electron chi connectivity index (χ3n) is 6.92. The number of rotatable bonds is 9. The number of hydrogen-bond donors (Lipinski definition) is 2. The fourth-order valence-corrected chi connectivity index (χ4v) is 4.78. The van der Waals surface area contributed by atoms with Crippen molar-refractivity contribution >= 4 is 23.4 Å². The average molecular weight is 506 g/mol. The van der Waals surface area contributed by atoms with E-state index in [-0.39, 0.29) is 25.0 Å². The summed E-state index contributed by atoms with van der Waals surface area (Å²) in [6.45, 7) is 4.04. The Balaban J connectivity index is 1.49. The lowest BCUT2D eigenvalue weighted by molar-refractivity contribution is -0.141. The molecule has 1 saturated heterocycles. The van der Waals surface area contributed by atoms with Gasteiger partial charge in [-0.3, -0.25) is 14.4 Å². The van der Waals surface area contributed by atoms with Crippen LogP contribution in [-0.4, -0.2) is 71.7 Å². The maximum atomic E-state index is 13.7. The molecule has 0 saturated carbocycles. The average Bonchev–Trinajstić information content (AvgIpc) is 3.12. The molecule has 196 valence electrons. The summed E-state index contributed by atoms with van der Waals surface area (Å²) in [6.07, 6.45) is 0.975. The first-order chi connectivity index (χ1) is 17.6. The van der Waals surface area contributed by atoms with Crippen molar-refractivity contribution in [3.05, 3.63) is 71.8 Å². The zero-order valence-corrected chi connectivity index (χ0v) is 21.6. The zero-order chi connectivity index (χ0) is 26.6. The minimum absolute atomic E-state index is 0.00743. The number of carbonyl (C=O) groups is 3. The molecule has 0 aromatic heterocycles. The Bertz CT molecular complexity index is 1160. The van der Waals surface area contributed by atoms with Gasteiger partial charge in [0.1, 0.15) is 6.04 Å². The number of hydrogen-bond acceptors (Lipinski definition) is 6. The van der Waals surface area contributed by atoms with Crippen LogP contribution < -0.4 is 11.1 Å². The third-order valence-corrected chi connectivity index (χ3v) is 6.92. The number of hydrazone groups is 1. The van der Waals surface area contributed by atoms with Crippen molar-refractivity contribution < 1.29 is 19.1 Å². The molecule has 1 unspecified atom stereocenters. The molecule has 2 aliphatic heterocycles. The minimum Gasteiger partial charge on any atom is -0.374 e. The Morgan fingerprint density at radius 3 is 2.35 bits per heavy atom. The number of carbonyl (C=O) groups excluding carboxylic acids is 3. The summed E-state index contributed by atoms with van der Waals surface area (Å²) >= 11 is 0. The fraction of sp³-hybridized carbons (Fsp3) is 0.429. The number of piperidine rings is 1. The molecule has 0 aliphatic carbocycles. The van der Waals surface area contributed by atoms with E-state index in [1.54, 1.807) is 25.8 Å². The van der Waals surface area contributed by atoms with E-state index in [0.717, 1.165) is 11.1 Å². The van der Waals surface area contributed by atoms with Gasteiger partial charge in [0, 0.05) is 13.6 Å². The summed E-state index contributed by atoms with van der Waals surface area (Å²) in [6, 6.07) is 18.5. The van der Waals surface area contributed by atoms with Crippen molar-refractivity contribution in [2.75, 3.05) is 26.7 Å². The first kappa shape index (κ1) is 26.5. The van der Waals surface area contributed by atoms with Gasteiger partial charge in [0.25, 0.3) is 5.91 Å². The van der Waals surface area contributed by atoms with E-state index in [1.807, 2.05) is 60.7 Å². The molecule has 0 radical (unpaired) electrons. The number of benzene rings is 2. The molecule has 0 spiro atoms. The molecule has 37 heavy (non-hydrogen) atoms. The topological polar surface area (TPSA) is 117 Å². The van der Waals surface area contributed by atoms with Crippen molar-refractivity contribution in [2.45, 2.75) is 44.9 Å². The Labute approximate surface area is 217 Å². The molecule has 2 aliphatic rings. The van der Waals surface area contributed by atoms with Crippen molar-refractivity contribution in [1.29, 1.82) is 0 Å². The number of nitrogens with zero attached hydrogens (tertiary/aromatic N) is 3. The predicted octanol–water partition coefficient (Wildman–Crippen LogP) is 1.71. The van der Waals surface area contributed by atoms with E-state index in [4.69, 9.17) is 10.5 Å². The predicted molar refractivity (Wildman–Crippen MR) is 140 cm³/mol. The van der Waals surface area contributed by atoms with E-state index >= 15 is 0 Å². The molecule has 0 bridgehead atoms. The number of nitrogens with two attached hydrogens (primary N) is 1. The van der Waals surface area contributed by atoms with Gasteiger partial charge in [0.15, 0.2) is 0 Å². The number of ether oxygens (including phenoxy) is 1. The van der Waals surface area contributed by atoms with Crippen LogP contribution >= 0.6 is 0 Å². The van der Waals surface area contributed by atoms with Crippen molar-refractivity contribution in [1.82, 2.24) is 15.2 Å². The molecular weight excluding hydrogens is 470 g/mol. The molecule has 9 heteroatoms. The highest BCUT2D eigenvalue weighted by Gasteiger charge is 2.53. The normalized spacial score (nSPS) is 20.3. The second kappa shape index (κ2) is 10.8. The Kier molecular flexibility index (Phi) is 7.75. The second-order valence-corrected chi connectivity index (χ2v) is 10.4. The molecule has 3 N–H and O–H groups in total. The number of amides is 3. The number of nitrogens with one attached hydrogen (secondary N) is 1. The molecular formula is C28H35N5O4. The number of fused-ring (bicyclic) bond motifs is 1. The van der Waals surface area contributed by atoms with E-state index < -0.39 is 22.9 Å². The highest BCUT2D eigenvalue weighted by Crippen LogP contribution is 2.39. The van der Waals surface area contributed by atoms with Gasteiger partial charge in [-0.1, -0.05) is 60.7 Å². The van der Waals surface area contributed by atoms with Gasteiger partial charge in [0.05, 0.1) is 36.4 Å². The lowest BCUT2D eigenvalue weighted by atomic mass is 9.72. The van der Waals surface area contributed by atoms with Crippen LogP contribution in [0.25, 0.3) is 0 Å². The lowest BCUT2D eigenvalue weighted by Crippen LogP contribution is -2.60. The summed E-state index contributed by atoms with van der Waals surface area (Å²) in [7, 11) is 1.65. The van der Waals surface area contributed by atoms with Crippen LogP contribution in [0.1, 0.15) is 31.4 Å². The molecule has 2 aromatic rings. The van der Waals surface area contributed by atoms with Crippen LogP contribution in [0, 0.1) is 5.41 Å². The third kappa shape index (κ3) is 5.89. The Morgan fingerprint density at radius 2 is 1.73 bits per heavy atom. The first-order valence-electron chi connectivity index (χ1n) is 12.5. The SMILES string of the molecule is CN1N=C2CN(C(=O)[C@@H](COCc3ccccc3)NC(=O)C(C)(C)N)CCC2(Cc2ccccc2)C1=O. The van der Waals surface area contributed by atoms with E-state index in [2.05, 4.69) is 10.4 Å². The first-order valence-corrected chi connectivity index (χ1v) is 12.5.